The van der Waals surface area contributed by atoms with Crippen molar-refractivity contribution in [3.8, 4) is 5.75 Å². The Bertz CT molecular complexity index is 732. The number of allylic oxidation sites excluding steroid dienone is 2. The second-order valence-electron chi connectivity index (χ2n) is 5.09. The SMILES string of the molecule is C=C(CCC=COc1ccc(Nc2nc(Cl)ncc2N)cc1)OCC. The van der Waals surface area contributed by atoms with Gasteiger partial charge in [0.15, 0.2) is 5.82 Å². The van der Waals surface area contributed by atoms with Gasteiger partial charge < -0.3 is 20.5 Å². The summed E-state index contributed by atoms with van der Waals surface area (Å²) in [5.41, 5.74) is 7.04. The molecule has 0 amide bonds. The second-order valence-corrected chi connectivity index (χ2v) is 5.43. The van der Waals surface area contributed by atoms with Crippen molar-refractivity contribution in [1.82, 2.24) is 9.97 Å². The van der Waals surface area contributed by atoms with Crippen LogP contribution in [0.4, 0.5) is 17.2 Å². The van der Waals surface area contributed by atoms with E-state index in [9.17, 15) is 0 Å². The molecule has 0 saturated heterocycles. The lowest BCUT2D eigenvalue weighted by Crippen LogP contribution is -2.00. The summed E-state index contributed by atoms with van der Waals surface area (Å²) in [5.74, 6) is 1.97. The lowest BCUT2D eigenvalue weighted by molar-refractivity contribution is 0.220. The minimum atomic E-state index is 0.133. The Morgan fingerprint density at radius 2 is 2.12 bits per heavy atom. The number of nitrogens with two attached hydrogens (primary N) is 1. The van der Waals surface area contributed by atoms with Gasteiger partial charge in [-0.05, 0) is 55.3 Å². The van der Waals surface area contributed by atoms with Crippen molar-refractivity contribution in [2.45, 2.75) is 19.8 Å². The molecular formula is C18H21ClN4O2. The molecule has 0 radical (unpaired) electrons. The highest BCUT2D eigenvalue weighted by Gasteiger charge is 2.04. The number of anilines is 3. The predicted octanol–water partition coefficient (Wildman–Crippen LogP) is 4.68. The van der Waals surface area contributed by atoms with Gasteiger partial charge in [0.25, 0.3) is 0 Å². The molecule has 0 saturated carbocycles. The maximum absolute atomic E-state index is 5.81. The van der Waals surface area contributed by atoms with Crippen LogP contribution >= 0.6 is 11.6 Å². The summed E-state index contributed by atoms with van der Waals surface area (Å²) < 4.78 is 10.8. The second kappa shape index (κ2) is 9.54. The van der Waals surface area contributed by atoms with Crippen LogP contribution in [0.1, 0.15) is 19.8 Å². The fourth-order valence-electron chi connectivity index (χ4n) is 1.94. The summed E-state index contributed by atoms with van der Waals surface area (Å²) in [5, 5.41) is 3.22. The highest BCUT2D eigenvalue weighted by molar-refractivity contribution is 6.28. The van der Waals surface area contributed by atoms with Gasteiger partial charge >= 0.3 is 0 Å². The average molecular weight is 361 g/mol. The highest BCUT2D eigenvalue weighted by Crippen LogP contribution is 2.23. The van der Waals surface area contributed by atoms with Gasteiger partial charge in [-0.2, -0.15) is 4.98 Å². The molecule has 0 aliphatic heterocycles. The molecule has 132 valence electrons. The lowest BCUT2D eigenvalue weighted by atomic mass is 10.3. The van der Waals surface area contributed by atoms with E-state index in [0.717, 1.165) is 30.0 Å². The van der Waals surface area contributed by atoms with E-state index >= 15 is 0 Å². The Balaban J connectivity index is 1.83. The Morgan fingerprint density at radius 1 is 1.36 bits per heavy atom. The van der Waals surface area contributed by atoms with Crippen LogP contribution in [0.5, 0.6) is 5.75 Å². The lowest BCUT2D eigenvalue weighted by Gasteiger charge is -2.08. The van der Waals surface area contributed by atoms with E-state index in [4.69, 9.17) is 26.8 Å². The molecule has 0 spiro atoms. The van der Waals surface area contributed by atoms with Crippen LogP contribution in [0.25, 0.3) is 0 Å². The van der Waals surface area contributed by atoms with E-state index in [0.29, 0.717) is 18.1 Å². The molecule has 0 bridgehead atoms. The average Bonchev–Trinajstić information content (AvgIpc) is 2.59. The van der Waals surface area contributed by atoms with Gasteiger partial charge in [0, 0.05) is 12.1 Å². The number of hydrogen-bond donors (Lipinski definition) is 2. The van der Waals surface area contributed by atoms with E-state index in [1.165, 1.54) is 6.20 Å². The minimum absolute atomic E-state index is 0.133. The number of halogens is 1. The normalized spacial score (nSPS) is 10.6. The number of ether oxygens (including phenoxy) is 2. The first-order valence-corrected chi connectivity index (χ1v) is 8.23. The van der Waals surface area contributed by atoms with Gasteiger partial charge in [0.1, 0.15) is 5.75 Å². The molecule has 0 aliphatic rings. The number of hydrogen-bond acceptors (Lipinski definition) is 6. The standard InChI is InChI=1S/C18H21ClN4O2/c1-3-24-13(2)6-4-5-11-25-15-9-7-14(8-10-15)22-17-16(20)12-21-18(19)23-17/h5,7-12H,2-4,6,20H2,1H3,(H,21,22,23). The molecule has 0 fully saturated rings. The third-order valence-corrected chi connectivity index (χ3v) is 3.33. The third-order valence-electron chi connectivity index (χ3n) is 3.14. The van der Waals surface area contributed by atoms with Crippen molar-refractivity contribution in [3.63, 3.8) is 0 Å². The Kier molecular flexibility index (Phi) is 7.10. The minimum Gasteiger partial charge on any atom is -0.499 e. The van der Waals surface area contributed by atoms with Gasteiger partial charge in [-0.15, -0.1) is 0 Å². The summed E-state index contributed by atoms with van der Waals surface area (Å²) in [6.07, 6.45) is 6.63. The molecule has 0 aliphatic carbocycles. The smallest absolute Gasteiger partial charge is 0.224 e. The molecular weight excluding hydrogens is 340 g/mol. The molecule has 1 aromatic carbocycles. The zero-order valence-electron chi connectivity index (χ0n) is 14.0. The Labute approximate surface area is 152 Å². The van der Waals surface area contributed by atoms with Crippen molar-refractivity contribution in [3.05, 3.63) is 60.4 Å². The zero-order chi connectivity index (χ0) is 18.1. The van der Waals surface area contributed by atoms with Crippen LogP contribution in [-0.4, -0.2) is 16.6 Å². The fourth-order valence-corrected chi connectivity index (χ4v) is 2.07. The zero-order valence-corrected chi connectivity index (χ0v) is 14.8. The topological polar surface area (TPSA) is 82.3 Å². The summed E-state index contributed by atoms with van der Waals surface area (Å²) in [7, 11) is 0. The number of rotatable bonds is 9. The van der Waals surface area contributed by atoms with Gasteiger partial charge in [0.05, 0.1) is 30.5 Å². The number of nitrogen functional groups attached to an aromatic ring is 1. The van der Waals surface area contributed by atoms with E-state index < -0.39 is 0 Å². The molecule has 1 aromatic heterocycles. The number of benzene rings is 1. The first-order valence-electron chi connectivity index (χ1n) is 7.86. The van der Waals surface area contributed by atoms with Crippen LogP contribution in [0.15, 0.2) is 55.1 Å². The van der Waals surface area contributed by atoms with E-state index in [1.54, 1.807) is 6.26 Å². The molecule has 6 nitrogen and oxygen atoms in total. The fraction of sp³-hybridized carbons (Fsp3) is 0.222. The third kappa shape index (κ3) is 6.35. The summed E-state index contributed by atoms with van der Waals surface area (Å²) in [4.78, 5) is 7.86. The molecule has 0 unspecified atom stereocenters. The van der Waals surface area contributed by atoms with Crippen molar-refractivity contribution < 1.29 is 9.47 Å². The Morgan fingerprint density at radius 3 is 2.84 bits per heavy atom. The summed E-state index contributed by atoms with van der Waals surface area (Å²) in [6, 6.07) is 7.39. The van der Waals surface area contributed by atoms with Crippen molar-refractivity contribution in [2.24, 2.45) is 0 Å². The van der Waals surface area contributed by atoms with Gasteiger partial charge in [-0.1, -0.05) is 6.58 Å². The van der Waals surface area contributed by atoms with E-state index in [-0.39, 0.29) is 5.28 Å². The van der Waals surface area contributed by atoms with Gasteiger partial charge in [-0.25, -0.2) is 4.98 Å². The van der Waals surface area contributed by atoms with Crippen LogP contribution in [0.3, 0.4) is 0 Å². The van der Waals surface area contributed by atoms with Crippen molar-refractivity contribution >= 4 is 28.8 Å². The largest absolute Gasteiger partial charge is 0.499 e. The number of aromatic nitrogens is 2. The predicted molar refractivity (Wildman–Crippen MR) is 101 cm³/mol. The van der Waals surface area contributed by atoms with Crippen LogP contribution in [0, 0.1) is 0 Å². The molecule has 2 aromatic rings. The van der Waals surface area contributed by atoms with Crippen LogP contribution < -0.4 is 15.8 Å². The molecule has 25 heavy (non-hydrogen) atoms. The summed E-state index contributed by atoms with van der Waals surface area (Å²) >= 11 is 5.77. The van der Waals surface area contributed by atoms with Crippen LogP contribution in [0.2, 0.25) is 5.28 Å². The molecule has 3 N–H and O–H groups in total. The molecule has 1 heterocycles. The molecule has 2 rings (SSSR count). The first-order chi connectivity index (χ1) is 12.1. The van der Waals surface area contributed by atoms with Crippen LogP contribution in [-0.2, 0) is 4.74 Å². The van der Waals surface area contributed by atoms with Gasteiger partial charge in [0.2, 0.25) is 5.28 Å². The van der Waals surface area contributed by atoms with E-state index in [1.807, 2.05) is 37.3 Å². The van der Waals surface area contributed by atoms with Gasteiger partial charge in [-0.3, -0.25) is 0 Å². The first kappa shape index (κ1) is 18.6. The number of nitrogens with one attached hydrogen (secondary N) is 1. The maximum atomic E-state index is 5.81. The number of nitrogens with zero attached hydrogens (tertiary/aromatic N) is 2. The molecule has 7 heteroatoms. The molecule has 0 atom stereocenters. The monoisotopic (exact) mass is 360 g/mol. The van der Waals surface area contributed by atoms with Crippen molar-refractivity contribution in [1.29, 1.82) is 0 Å². The Hall–Kier alpha value is -2.73. The van der Waals surface area contributed by atoms with E-state index in [2.05, 4.69) is 21.9 Å². The maximum Gasteiger partial charge on any atom is 0.224 e. The van der Waals surface area contributed by atoms with Crippen molar-refractivity contribution in [2.75, 3.05) is 17.7 Å². The highest BCUT2D eigenvalue weighted by atomic mass is 35.5. The summed E-state index contributed by atoms with van der Waals surface area (Å²) in [6.45, 7) is 6.41. The quantitative estimate of drug-likeness (QED) is 0.499.